The van der Waals surface area contributed by atoms with E-state index in [1.807, 2.05) is 30.3 Å². The second-order valence-corrected chi connectivity index (χ2v) is 5.21. The Labute approximate surface area is 143 Å². The highest BCUT2D eigenvalue weighted by Gasteiger charge is 2.19. The van der Waals surface area contributed by atoms with E-state index in [1.165, 1.54) is 19.6 Å². The topological polar surface area (TPSA) is 114 Å². The van der Waals surface area contributed by atoms with Gasteiger partial charge in [-0.15, -0.1) is 0 Å². The lowest BCUT2D eigenvalue weighted by atomic mass is 10.2. The first-order chi connectivity index (χ1) is 12.2. The van der Waals surface area contributed by atoms with Crippen LogP contribution < -0.4 is 5.73 Å². The lowest BCUT2D eigenvalue weighted by Crippen LogP contribution is -2.17. The summed E-state index contributed by atoms with van der Waals surface area (Å²) in [5, 5.41) is 0. The largest absolute Gasteiger partial charge is 0.464 e. The van der Waals surface area contributed by atoms with E-state index in [4.69, 9.17) is 19.3 Å². The Bertz CT molecular complexity index is 828. The van der Waals surface area contributed by atoms with Gasteiger partial charge in [0.1, 0.15) is 18.6 Å². The van der Waals surface area contributed by atoms with Crippen molar-refractivity contribution in [2.45, 2.75) is 12.6 Å². The van der Waals surface area contributed by atoms with E-state index in [9.17, 15) is 4.79 Å². The zero-order chi connectivity index (χ0) is 17.6. The van der Waals surface area contributed by atoms with Crippen molar-refractivity contribution in [3.63, 3.8) is 0 Å². The highest BCUT2D eigenvalue weighted by molar-refractivity contribution is 5.87. The van der Waals surface area contributed by atoms with Gasteiger partial charge in [0, 0.05) is 0 Å². The minimum Gasteiger partial charge on any atom is -0.464 e. The molecule has 0 aliphatic carbocycles. The molecule has 0 radical (unpaired) electrons. The molecule has 2 heterocycles. The Kier molecular flexibility index (Phi) is 5.22. The molecule has 130 valence electrons. The van der Waals surface area contributed by atoms with Gasteiger partial charge in [-0.3, -0.25) is 0 Å². The van der Waals surface area contributed by atoms with Gasteiger partial charge in [-0.05, 0) is 5.56 Å². The van der Waals surface area contributed by atoms with E-state index in [0.29, 0.717) is 18.2 Å². The molecule has 3 rings (SSSR count). The summed E-state index contributed by atoms with van der Waals surface area (Å²) in [7, 11) is 1.26. The minimum atomic E-state index is -0.593. The average Bonchev–Trinajstić information content (AvgIpc) is 3.31. The standard InChI is InChI=1S/C17H17N3O5/c1-22-17(21)14-10-25-16(20-14)13-9-24-15(19-13)12(18)8-23-7-11-5-3-2-4-6-11/h2-6,9-10,12H,7-8,18H2,1H3. The zero-order valence-electron chi connectivity index (χ0n) is 13.5. The van der Waals surface area contributed by atoms with Crippen LogP contribution in [0.25, 0.3) is 11.6 Å². The van der Waals surface area contributed by atoms with Crippen molar-refractivity contribution in [2.24, 2.45) is 5.73 Å². The van der Waals surface area contributed by atoms with Crippen LogP contribution in [0.3, 0.4) is 0 Å². The minimum absolute atomic E-state index is 0.0533. The smallest absolute Gasteiger partial charge is 0.360 e. The molecule has 0 saturated carbocycles. The number of rotatable bonds is 7. The summed E-state index contributed by atoms with van der Waals surface area (Å²) in [4.78, 5) is 19.6. The molecule has 0 amide bonds. The van der Waals surface area contributed by atoms with Gasteiger partial charge in [0.2, 0.25) is 11.8 Å². The number of hydrogen-bond acceptors (Lipinski definition) is 8. The molecule has 25 heavy (non-hydrogen) atoms. The van der Waals surface area contributed by atoms with Crippen molar-refractivity contribution in [2.75, 3.05) is 13.7 Å². The summed E-state index contributed by atoms with van der Waals surface area (Å²) in [5.41, 5.74) is 7.46. The van der Waals surface area contributed by atoms with Crippen LogP contribution in [0.5, 0.6) is 0 Å². The van der Waals surface area contributed by atoms with E-state index >= 15 is 0 Å². The first-order valence-electron chi connectivity index (χ1n) is 7.54. The van der Waals surface area contributed by atoms with Crippen molar-refractivity contribution in [1.29, 1.82) is 0 Å². The van der Waals surface area contributed by atoms with Crippen LogP contribution in [0.15, 0.2) is 51.7 Å². The molecule has 0 bridgehead atoms. The molecule has 1 atom stereocenters. The second kappa shape index (κ2) is 7.73. The molecule has 8 nitrogen and oxygen atoms in total. The number of nitrogens with zero attached hydrogens (tertiary/aromatic N) is 2. The first-order valence-corrected chi connectivity index (χ1v) is 7.54. The van der Waals surface area contributed by atoms with Crippen molar-refractivity contribution < 1.29 is 23.1 Å². The van der Waals surface area contributed by atoms with E-state index in [0.717, 1.165) is 5.56 Å². The number of nitrogens with two attached hydrogens (primary N) is 1. The molecule has 0 aliphatic heterocycles. The molecule has 2 N–H and O–H groups in total. The number of methoxy groups -OCH3 is 1. The normalized spacial score (nSPS) is 12.1. The SMILES string of the molecule is COC(=O)c1coc(-c2coc(C(N)COCc3ccccc3)n2)n1. The molecule has 0 aliphatic rings. The van der Waals surface area contributed by atoms with Gasteiger partial charge in [-0.1, -0.05) is 30.3 Å². The maximum atomic E-state index is 11.4. The first kappa shape index (κ1) is 16.9. The third kappa shape index (κ3) is 4.11. The number of carbonyl (C=O) groups is 1. The lowest BCUT2D eigenvalue weighted by Gasteiger charge is -2.08. The summed E-state index contributed by atoms with van der Waals surface area (Å²) in [6, 6.07) is 9.23. The van der Waals surface area contributed by atoms with Gasteiger partial charge >= 0.3 is 5.97 Å². The van der Waals surface area contributed by atoms with Crippen LogP contribution in [0.1, 0.15) is 28.0 Å². The quantitative estimate of drug-likeness (QED) is 0.650. The fraction of sp³-hybridized carbons (Fsp3) is 0.235. The Morgan fingerprint density at radius 1 is 1.20 bits per heavy atom. The number of esters is 1. The molecule has 2 aromatic heterocycles. The Hall–Kier alpha value is -2.97. The predicted octanol–water partition coefficient (Wildman–Crippen LogP) is 2.33. The van der Waals surface area contributed by atoms with Crippen LogP contribution in [-0.4, -0.2) is 29.7 Å². The summed E-state index contributed by atoms with van der Waals surface area (Å²) < 4.78 is 20.7. The summed E-state index contributed by atoms with van der Waals surface area (Å²) in [6.07, 6.45) is 2.55. The van der Waals surface area contributed by atoms with Crippen LogP contribution in [0.2, 0.25) is 0 Å². The van der Waals surface area contributed by atoms with Crippen LogP contribution in [0, 0.1) is 0 Å². The van der Waals surface area contributed by atoms with E-state index in [-0.39, 0.29) is 18.2 Å². The highest BCUT2D eigenvalue weighted by Crippen LogP contribution is 2.21. The predicted molar refractivity (Wildman–Crippen MR) is 86.4 cm³/mol. The molecule has 1 aromatic carbocycles. The van der Waals surface area contributed by atoms with Crippen molar-refractivity contribution >= 4 is 5.97 Å². The van der Waals surface area contributed by atoms with Gasteiger partial charge in [0.15, 0.2) is 11.4 Å². The van der Waals surface area contributed by atoms with Gasteiger partial charge < -0.3 is 24.0 Å². The molecule has 0 fully saturated rings. The molecular formula is C17H17N3O5. The second-order valence-electron chi connectivity index (χ2n) is 5.21. The Morgan fingerprint density at radius 2 is 2.00 bits per heavy atom. The number of carbonyl (C=O) groups excluding carboxylic acids is 1. The van der Waals surface area contributed by atoms with Gasteiger partial charge in [-0.2, -0.15) is 0 Å². The fourth-order valence-corrected chi connectivity index (χ4v) is 2.10. The van der Waals surface area contributed by atoms with Gasteiger partial charge in [-0.25, -0.2) is 14.8 Å². The fourth-order valence-electron chi connectivity index (χ4n) is 2.10. The third-order valence-corrected chi connectivity index (χ3v) is 3.37. The van der Waals surface area contributed by atoms with Gasteiger partial charge in [0.05, 0.1) is 20.3 Å². The molecule has 0 spiro atoms. The summed E-state index contributed by atoms with van der Waals surface area (Å²) in [5.74, 6) is -0.154. The number of ether oxygens (including phenoxy) is 2. The van der Waals surface area contributed by atoms with E-state index in [2.05, 4.69) is 14.7 Å². The average molecular weight is 343 g/mol. The Balaban J connectivity index is 1.58. The van der Waals surface area contributed by atoms with Crippen molar-refractivity contribution in [3.05, 3.63) is 60.0 Å². The van der Waals surface area contributed by atoms with Gasteiger partial charge in [0.25, 0.3) is 0 Å². The maximum Gasteiger partial charge on any atom is 0.360 e. The number of aromatic nitrogens is 2. The number of hydrogen-bond donors (Lipinski definition) is 1. The monoisotopic (exact) mass is 343 g/mol. The van der Waals surface area contributed by atoms with Crippen molar-refractivity contribution in [3.8, 4) is 11.6 Å². The maximum absolute atomic E-state index is 11.4. The molecule has 0 saturated heterocycles. The molecule has 8 heteroatoms. The summed E-state index contributed by atoms with van der Waals surface area (Å²) >= 11 is 0. The molecular weight excluding hydrogens is 326 g/mol. The Morgan fingerprint density at radius 3 is 2.76 bits per heavy atom. The van der Waals surface area contributed by atoms with Crippen LogP contribution >= 0.6 is 0 Å². The number of benzene rings is 1. The third-order valence-electron chi connectivity index (χ3n) is 3.37. The highest BCUT2D eigenvalue weighted by atomic mass is 16.5. The van der Waals surface area contributed by atoms with Crippen LogP contribution in [-0.2, 0) is 16.1 Å². The van der Waals surface area contributed by atoms with Crippen LogP contribution in [0.4, 0.5) is 0 Å². The number of oxazole rings is 2. The molecule has 1 unspecified atom stereocenters. The zero-order valence-corrected chi connectivity index (χ0v) is 13.5. The summed E-state index contributed by atoms with van der Waals surface area (Å²) in [6.45, 7) is 0.693. The van der Waals surface area contributed by atoms with Crippen molar-refractivity contribution in [1.82, 2.24) is 9.97 Å². The van der Waals surface area contributed by atoms with E-state index < -0.39 is 12.0 Å². The lowest BCUT2D eigenvalue weighted by molar-refractivity contribution is 0.0594. The molecule has 3 aromatic rings. The van der Waals surface area contributed by atoms with E-state index in [1.54, 1.807) is 0 Å².